The minimum atomic E-state index is -1.90. The summed E-state index contributed by atoms with van der Waals surface area (Å²) in [6.07, 6.45) is -0.734. The Morgan fingerprint density at radius 1 is 1.00 bits per heavy atom. The highest BCUT2D eigenvalue weighted by Gasteiger charge is 2.59. The predicted molar refractivity (Wildman–Crippen MR) is 154 cm³/mol. The maximum Gasteiger partial charge on any atom is 0.320 e. The van der Waals surface area contributed by atoms with Crippen LogP contribution in [0.3, 0.4) is 0 Å². The monoisotopic (exact) mass is 564 g/mol. The Bertz CT molecular complexity index is 1380. The average molecular weight is 565 g/mol. The van der Waals surface area contributed by atoms with Gasteiger partial charge in [0, 0.05) is 29.5 Å². The number of amides is 4. The van der Waals surface area contributed by atoms with Crippen LogP contribution >= 0.6 is 11.6 Å². The first-order chi connectivity index (χ1) is 19.2. The number of para-hydroxylation sites is 1. The molecule has 210 valence electrons. The number of nitrogens with two attached hydrogens (primary N) is 1. The molecule has 1 heterocycles. The quantitative estimate of drug-likeness (QED) is 0.292. The molecule has 4 amide bonds. The molecule has 0 saturated carbocycles. The summed E-state index contributed by atoms with van der Waals surface area (Å²) < 4.78 is 11.5. The molecule has 2 atom stereocenters. The smallest absolute Gasteiger partial charge is 0.320 e. The number of nitrogens with zero attached hydrogens (tertiary/aromatic N) is 1. The molecule has 10 heteroatoms. The van der Waals surface area contributed by atoms with E-state index >= 15 is 0 Å². The normalized spacial score (nSPS) is 17.0. The number of benzene rings is 3. The van der Waals surface area contributed by atoms with Gasteiger partial charge in [-0.2, -0.15) is 0 Å². The Balaban J connectivity index is 1.86. The van der Waals surface area contributed by atoms with E-state index in [0.717, 1.165) is 5.56 Å². The molecule has 4 N–H and O–H groups in total. The van der Waals surface area contributed by atoms with Crippen molar-refractivity contribution in [2.75, 3.05) is 30.0 Å². The fraction of sp³-hybridized carbons (Fsp3) is 0.300. The second kappa shape index (κ2) is 12.5. The lowest BCUT2D eigenvalue weighted by Gasteiger charge is -2.36. The Morgan fingerprint density at radius 3 is 2.30 bits per heavy atom. The van der Waals surface area contributed by atoms with Crippen LogP contribution in [0.25, 0.3) is 0 Å². The summed E-state index contributed by atoms with van der Waals surface area (Å²) in [4.78, 5) is 42.9. The van der Waals surface area contributed by atoms with Gasteiger partial charge < -0.3 is 30.7 Å². The molecular weight excluding hydrogens is 532 g/mol. The zero-order valence-electron chi connectivity index (χ0n) is 22.6. The minimum Gasteiger partial charge on any atom is -0.369 e. The van der Waals surface area contributed by atoms with Crippen molar-refractivity contribution in [3.8, 4) is 0 Å². The lowest BCUT2D eigenvalue weighted by Crippen LogP contribution is -2.60. The van der Waals surface area contributed by atoms with E-state index in [1.54, 1.807) is 60.7 Å². The fourth-order valence-electron chi connectivity index (χ4n) is 5.10. The van der Waals surface area contributed by atoms with E-state index in [2.05, 4.69) is 10.6 Å². The molecule has 9 nitrogen and oxygen atoms in total. The van der Waals surface area contributed by atoms with Crippen LogP contribution in [0.1, 0.15) is 36.5 Å². The highest BCUT2D eigenvalue weighted by atomic mass is 35.5. The van der Waals surface area contributed by atoms with Gasteiger partial charge in [0.1, 0.15) is 0 Å². The number of anilines is 2. The molecule has 3 aromatic rings. The van der Waals surface area contributed by atoms with E-state index in [9.17, 15) is 14.4 Å². The number of hydrogen-bond acceptors (Lipinski definition) is 5. The van der Waals surface area contributed by atoms with Crippen LogP contribution in [0.5, 0.6) is 0 Å². The van der Waals surface area contributed by atoms with E-state index in [4.69, 9.17) is 26.8 Å². The first kappa shape index (κ1) is 29.1. The standard InChI is InChI=1S/C30H33ClN4O5/c1-4-39-25(40-5-2)18-35-24-12-7-6-11-23(24)30(28(35)37,26(27(32)36)20-9-8-10-21(31)17-20)34-29(38)33-22-15-13-19(3)14-16-22/h6-17,25-26H,4-5,18H2,1-3H3,(H2,32,36)(H2,33,34,38). The summed E-state index contributed by atoms with van der Waals surface area (Å²) in [5.74, 6) is -2.67. The molecule has 1 aliphatic heterocycles. The zero-order valence-corrected chi connectivity index (χ0v) is 23.4. The highest BCUT2D eigenvalue weighted by molar-refractivity contribution is 6.30. The van der Waals surface area contributed by atoms with Crippen molar-refractivity contribution < 1.29 is 23.9 Å². The van der Waals surface area contributed by atoms with Gasteiger partial charge in [0.15, 0.2) is 11.8 Å². The van der Waals surface area contributed by atoms with E-state index in [1.165, 1.54) is 4.90 Å². The van der Waals surface area contributed by atoms with Crippen LogP contribution in [-0.4, -0.2) is 43.9 Å². The summed E-state index contributed by atoms with van der Waals surface area (Å²) in [6, 6.07) is 20.0. The van der Waals surface area contributed by atoms with Crippen molar-refractivity contribution in [3.05, 3.63) is 94.5 Å². The van der Waals surface area contributed by atoms with Gasteiger partial charge in [-0.15, -0.1) is 0 Å². The van der Waals surface area contributed by atoms with Crippen LogP contribution in [0.2, 0.25) is 5.02 Å². The van der Waals surface area contributed by atoms with Crippen molar-refractivity contribution in [3.63, 3.8) is 0 Å². The second-order valence-electron chi connectivity index (χ2n) is 9.42. The van der Waals surface area contributed by atoms with Crippen molar-refractivity contribution in [1.82, 2.24) is 5.32 Å². The molecule has 0 aliphatic carbocycles. The maximum absolute atomic E-state index is 14.6. The van der Waals surface area contributed by atoms with Crippen LogP contribution < -0.4 is 21.3 Å². The van der Waals surface area contributed by atoms with Gasteiger partial charge >= 0.3 is 6.03 Å². The number of nitrogens with one attached hydrogen (secondary N) is 2. The number of carbonyl (C=O) groups is 3. The lowest BCUT2D eigenvalue weighted by atomic mass is 9.74. The van der Waals surface area contributed by atoms with Crippen LogP contribution in [-0.2, 0) is 24.6 Å². The van der Waals surface area contributed by atoms with Gasteiger partial charge in [0.2, 0.25) is 5.91 Å². The van der Waals surface area contributed by atoms with Crippen molar-refractivity contribution in [2.24, 2.45) is 5.73 Å². The maximum atomic E-state index is 14.6. The predicted octanol–water partition coefficient (Wildman–Crippen LogP) is 4.68. The Hall–Kier alpha value is -3.92. The van der Waals surface area contributed by atoms with Crippen LogP contribution in [0.4, 0.5) is 16.2 Å². The number of ether oxygens (including phenoxy) is 2. The topological polar surface area (TPSA) is 123 Å². The van der Waals surface area contributed by atoms with E-state index < -0.39 is 35.6 Å². The molecule has 0 aromatic heterocycles. The number of halogens is 1. The fourth-order valence-corrected chi connectivity index (χ4v) is 5.30. The van der Waals surface area contributed by atoms with Crippen molar-refractivity contribution in [1.29, 1.82) is 0 Å². The summed E-state index contributed by atoms with van der Waals surface area (Å²) in [7, 11) is 0. The molecule has 0 bridgehead atoms. The Kier molecular flexibility index (Phi) is 9.09. The van der Waals surface area contributed by atoms with Gasteiger partial charge in [-0.1, -0.05) is 59.6 Å². The minimum absolute atomic E-state index is 0.0293. The summed E-state index contributed by atoms with van der Waals surface area (Å²) >= 11 is 6.29. The third-order valence-corrected chi connectivity index (χ3v) is 6.99. The summed E-state index contributed by atoms with van der Waals surface area (Å²) in [5.41, 5.74) is 6.95. The third kappa shape index (κ3) is 5.82. The zero-order chi connectivity index (χ0) is 28.9. The summed E-state index contributed by atoms with van der Waals surface area (Å²) in [6.45, 7) is 6.35. The number of fused-ring (bicyclic) bond motifs is 1. The molecule has 1 aliphatic rings. The van der Waals surface area contributed by atoms with Crippen molar-refractivity contribution in [2.45, 2.75) is 38.5 Å². The van der Waals surface area contributed by atoms with Crippen molar-refractivity contribution >= 4 is 40.8 Å². The van der Waals surface area contributed by atoms with Gasteiger partial charge in [0.25, 0.3) is 5.91 Å². The molecule has 2 unspecified atom stereocenters. The first-order valence-corrected chi connectivity index (χ1v) is 13.4. The van der Waals surface area contributed by atoms with Gasteiger partial charge in [0.05, 0.1) is 18.2 Å². The summed E-state index contributed by atoms with van der Waals surface area (Å²) in [5, 5.41) is 5.99. The highest BCUT2D eigenvalue weighted by Crippen LogP contribution is 2.48. The molecule has 0 radical (unpaired) electrons. The number of primary amides is 1. The van der Waals surface area contributed by atoms with Crippen LogP contribution in [0.15, 0.2) is 72.8 Å². The Morgan fingerprint density at radius 2 is 1.68 bits per heavy atom. The van der Waals surface area contributed by atoms with Gasteiger partial charge in [-0.25, -0.2) is 4.79 Å². The molecule has 40 heavy (non-hydrogen) atoms. The SMILES string of the molecule is CCOC(CN1C(=O)C(NC(=O)Nc2ccc(C)cc2)(C(C(N)=O)c2cccc(Cl)c2)c2ccccc21)OCC. The molecule has 0 spiro atoms. The number of carbonyl (C=O) groups excluding carboxylic acids is 3. The number of urea groups is 1. The third-order valence-electron chi connectivity index (χ3n) is 6.76. The second-order valence-corrected chi connectivity index (χ2v) is 9.85. The number of aryl methyl sites for hydroxylation is 1. The van der Waals surface area contributed by atoms with Gasteiger partial charge in [-0.3, -0.25) is 9.59 Å². The van der Waals surface area contributed by atoms with E-state index in [1.807, 2.05) is 32.9 Å². The molecule has 3 aromatic carbocycles. The lowest BCUT2D eigenvalue weighted by molar-refractivity contribution is -0.139. The van der Waals surface area contributed by atoms with E-state index in [-0.39, 0.29) is 6.54 Å². The first-order valence-electron chi connectivity index (χ1n) is 13.1. The van der Waals surface area contributed by atoms with Crippen LogP contribution in [0, 0.1) is 6.92 Å². The number of hydrogen-bond donors (Lipinski definition) is 3. The Labute approximate surface area is 238 Å². The van der Waals surface area contributed by atoms with Gasteiger partial charge in [-0.05, 0) is 56.7 Å². The molecule has 0 fully saturated rings. The molecule has 0 saturated heterocycles. The largest absolute Gasteiger partial charge is 0.369 e. The average Bonchev–Trinajstić information content (AvgIpc) is 3.13. The molecular formula is C30H33ClN4O5. The van der Waals surface area contributed by atoms with E-state index in [0.29, 0.717) is 40.7 Å². The molecule has 4 rings (SSSR count). The number of rotatable bonds is 11.